The molecule has 0 spiro atoms. The van der Waals surface area contributed by atoms with Crippen molar-refractivity contribution in [2.24, 2.45) is 5.73 Å². The molecule has 288 valence electrons. The number of nitrogens with one attached hydrogen (secondary N) is 5. The van der Waals surface area contributed by atoms with Gasteiger partial charge in [0.2, 0.25) is 5.95 Å². The third-order valence-corrected chi connectivity index (χ3v) is 10.1. The Morgan fingerprint density at radius 3 is 1.64 bits per heavy atom. The van der Waals surface area contributed by atoms with Crippen molar-refractivity contribution in [3.8, 4) is 22.5 Å². The van der Waals surface area contributed by atoms with Crippen LogP contribution in [-0.4, -0.2) is 65.9 Å². The molecule has 7 N–H and O–H groups in total. The average Bonchev–Trinajstić information content (AvgIpc) is 3.79. The van der Waals surface area contributed by atoms with Crippen LogP contribution in [-0.2, 0) is 12.8 Å². The van der Waals surface area contributed by atoms with Crippen LogP contribution in [0.15, 0.2) is 48.5 Å². The Labute approximate surface area is 320 Å². The molecular weight excluding hydrogens is 696 g/mol. The monoisotopic (exact) mass is 746 g/mol. The van der Waals surface area contributed by atoms with Crippen molar-refractivity contribution in [1.29, 1.82) is 0 Å². The lowest BCUT2D eigenvalue weighted by Gasteiger charge is -2.26. The smallest absolute Gasteiger partial charge is 0.253 e. The SMILES string of the molecule is CCC(C)(C)N.CCC(C)(C)Nc1nc2c(-c3cc4c([nH]3)CCNC4=O)cccc2nc1C.Cc1nc2cccc(-c3cc4c([nH]3)CCNC4=O)c2nc1F. The number of para-hydroxylation sites is 2. The fourth-order valence-corrected chi connectivity index (χ4v) is 6.15. The number of halogens is 1. The number of nitrogens with two attached hydrogens (primary N) is 1. The molecule has 0 saturated heterocycles. The maximum absolute atomic E-state index is 13.8. The number of hydrogen-bond donors (Lipinski definition) is 6. The van der Waals surface area contributed by atoms with Gasteiger partial charge in [-0.2, -0.15) is 4.39 Å². The van der Waals surface area contributed by atoms with E-state index in [4.69, 9.17) is 15.7 Å². The molecule has 0 fully saturated rings. The van der Waals surface area contributed by atoms with Gasteiger partial charge in [-0.25, -0.2) is 19.9 Å². The standard InChI is InChI=1S/C21H25N5O.C16H13FN4O.C5H13N/c1-5-21(3,4)26-19-12(2)23-16-8-6-7-13(18(16)25-19)17-11-14-15(24-17)9-10-22-20(14)27;1-8-15(17)21-14-9(3-2-4-12(14)19-8)13-7-10-11(20-13)5-6-18-16(10)22;1-4-5(2,3)6/h6-8,11,24H,5,9-10H2,1-4H3,(H,22,27)(H,25,26);2-4,7,20H,5-6H2,1H3,(H,18,22);4,6H2,1-3H3. The summed E-state index contributed by atoms with van der Waals surface area (Å²) in [6, 6.07) is 15.2. The van der Waals surface area contributed by atoms with Crippen molar-refractivity contribution >= 4 is 39.7 Å². The van der Waals surface area contributed by atoms with Crippen molar-refractivity contribution in [1.82, 2.24) is 40.5 Å². The van der Waals surface area contributed by atoms with Crippen LogP contribution in [0, 0.1) is 19.8 Å². The molecule has 0 radical (unpaired) electrons. The number of carbonyl (C=O) groups excluding carboxylic acids is 2. The van der Waals surface area contributed by atoms with E-state index in [0.29, 0.717) is 29.7 Å². The normalized spacial score (nSPS) is 13.9. The molecule has 13 heteroatoms. The maximum Gasteiger partial charge on any atom is 0.253 e. The number of aromatic amines is 2. The Kier molecular flexibility index (Phi) is 11.1. The molecule has 0 unspecified atom stereocenters. The third kappa shape index (κ3) is 8.67. The van der Waals surface area contributed by atoms with Gasteiger partial charge in [0.05, 0.1) is 33.5 Å². The van der Waals surface area contributed by atoms with Crippen molar-refractivity contribution in [2.75, 3.05) is 18.4 Å². The van der Waals surface area contributed by atoms with Gasteiger partial charge in [-0.05, 0) is 78.6 Å². The van der Waals surface area contributed by atoms with Gasteiger partial charge < -0.3 is 31.7 Å². The fourth-order valence-electron chi connectivity index (χ4n) is 6.15. The van der Waals surface area contributed by atoms with Gasteiger partial charge in [0.1, 0.15) is 16.9 Å². The molecule has 55 heavy (non-hydrogen) atoms. The number of amides is 2. The highest BCUT2D eigenvalue weighted by molar-refractivity contribution is 6.00. The number of carbonyl (C=O) groups is 2. The first kappa shape index (κ1) is 39.0. The summed E-state index contributed by atoms with van der Waals surface area (Å²) < 4.78 is 13.8. The number of aromatic nitrogens is 6. The summed E-state index contributed by atoms with van der Waals surface area (Å²) >= 11 is 0. The highest BCUT2D eigenvalue weighted by Gasteiger charge is 2.23. The molecule has 0 aliphatic carbocycles. The second-order valence-corrected chi connectivity index (χ2v) is 15.5. The van der Waals surface area contributed by atoms with Crippen molar-refractivity contribution < 1.29 is 14.0 Å². The van der Waals surface area contributed by atoms with Gasteiger partial charge in [0, 0.05) is 70.9 Å². The summed E-state index contributed by atoms with van der Waals surface area (Å²) in [6.07, 6.45) is 3.60. The average molecular weight is 747 g/mol. The summed E-state index contributed by atoms with van der Waals surface area (Å²) in [5.74, 6) is 0.120. The number of anilines is 1. The predicted octanol–water partition coefficient (Wildman–Crippen LogP) is 7.31. The van der Waals surface area contributed by atoms with E-state index in [9.17, 15) is 14.0 Å². The molecule has 2 amide bonds. The number of nitrogens with zero attached hydrogens (tertiary/aromatic N) is 4. The van der Waals surface area contributed by atoms with Crippen molar-refractivity contribution in [3.05, 3.63) is 88.4 Å². The second-order valence-electron chi connectivity index (χ2n) is 15.5. The Balaban J connectivity index is 0.000000166. The number of fused-ring (bicyclic) bond motifs is 4. The van der Waals surface area contributed by atoms with Crippen LogP contribution in [0.3, 0.4) is 0 Å². The van der Waals surface area contributed by atoms with Gasteiger partial charge in [-0.15, -0.1) is 0 Å². The molecule has 6 aromatic rings. The summed E-state index contributed by atoms with van der Waals surface area (Å²) in [5.41, 5.74) is 16.1. The van der Waals surface area contributed by atoms with Gasteiger partial charge in [-0.3, -0.25) is 9.59 Å². The summed E-state index contributed by atoms with van der Waals surface area (Å²) in [5, 5.41) is 9.22. The van der Waals surface area contributed by atoms with Crippen molar-refractivity contribution in [2.45, 2.75) is 92.2 Å². The van der Waals surface area contributed by atoms with E-state index in [-0.39, 0.29) is 28.6 Å². The zero-order chi connectivity index (χ0) is 39.7. The lowest BCUT2D eigenvalue weighted by molar-refractivity contribution is 0.0937. The van der Waals surface area contributed by atoms with E-state index in [1.807, 2.05) is 57.2 Å². The first-order chi connectivity index (χ1) is 26.1. The number of rotatable bonds is 6. The van der Waals surface area contributed by atoms with Crippen LogP contribution in [0.5, 0.6) is 0 Å². The molecule has 2 aliphatic heterocycles. The summed E-state index contributed by atoms with van der Waals surface area (Å²) in [4.78, 5) is 48.6. The van der Waals surface area contributed by atoms with Gasteiger partial charge in [0.15, 0.2) is 0 Å². The Morgan fingerprint density at radius 2 is 1.18 bits per heavy atom. The highest BCUT2D eigenvalue weighted by atomic mass is 19.1. The largest absolute Gasteiger partial charge is 0.364 e. The van der Waals surface area contributed by atoms with E-state index < -0.39 is 5.95 Å². The minimum atomic E-state index is -0.575. The quantitative estimate of drug-likeness (QED) is 0.103. The molecule has 8 rings (SSSR count). The zero-order valence-electron chi connectivity index (χ0n) is 32.9. The number of hydrogen-bond acceptors (Lipinski definition) is 8. The lowest BCUT2D eigenvalue weighted by atomic mass is 10.0. The van der Waals surface area contributed by atoms with Crippen LogP contribution >= 0.6 is 0 Å². The van der Waals surface area contributed by atoms with Gasteiger partial charge in [-0.1, -0.05) is 38.1 Å². The van der Waals surface area contributed by atoms with Crippen molar-refractivity contribution in [3.63, 3.8) is 0 Å². The Bertz CT molecular complexity index is 2390. The minimum Gasteiger partial charge on any atom is -0.364 e. The van der Waals surface area contributed by atoms with E-state index >= 15 is 0 Å². The minimum absolute atomic E-state index is 0.0204. The van der Waals surface area contributed by atoms with Crippen LogP contribution in [0.25, 0.3) is 44.6 Å². The van der Waals surface area contributed by atoms with Gasteiger partial charge >= 0.3 is 0 Å². The molecule has 0 atom stereocenters. The molecule has 4 aromatic heterocycles. The van der Waals surface area contributed by atoms with E-state index in [1.54, 1.807) is 19.1 Å². The summed E-state index contributed by atoms with van der Waals surface area (Å²) in [7, 11) is 0. The van der Waals surface area contributed by atoms with Crippen LogP contribution in [0.4, 0.5) is 10.2 Å². The fraction of sp³-hybridized carbons (Fsp3) is 0.381. The predicted molar refractivity (Wildman–Crippen MR) is 217 cm³/mol. The Hall–Kier alpha value is -5.69. The van der Waals surface area contributed by atoms with Crippen LogP contribution in [0.1, 0.15) is 97.9 Å². The lowest BCUT2D eigenvalue weighted by Crippen LogP contribution is -2.31. The molecule has 2 aliphatic rings. The van der Waals surface area contributed by atoms with E-state index in [1.165, 1.54) is 0 Å². The molecule has 0 saturated carbocycles. The molecule has 0 bridgehead atoms. The third-order valence-electron chi connectivity index (χ3n) is 10.1. The highest BCUT2D eigenvalue weighted by Crippen LogP contribution is 2.32. The first-order valence-electron chi connectivity index (χ1n) is 18.9. The van der Waals surface area contributed by atoms with Crippen LogP contribution in [0.2, 0.25) is 0 Å². The molecule has 2 aromatic carbocycles. The Morgan fingerprint density at radius 1 is 0.709 bits per heavy atom. The first-order valence-corrected chi connectivity index (χ1v) is 18.9. The second kappa shape index (κ2) is 15.6. The van der Waals surface area contributed by atoms with E-state index in [2.05, 4.69) is 63.6 Å². The van der Waals surface area contributed by atoms with Gasteiger partial charge in [0.25, 0.3) is 11.8 Å². The number of H-pyrrole nitrogens is 2. The van der Waals surface area contributed by atoms with Crippen LogP contribution < -0.4 is 21.7 Å². The molecule has 12 nitrogen and oxygen atoms in total. The molecular formula is C42H51FN10O2. The number of benzene rings is 2. The zero-order valence-corrected chi connectivity index (χ0v) is 32.9. The summed E-state index contributed by atoms with van der Waals surface area (Å²) in [6.45, 7) is 17.4. The van der Waals surface area contributed by atoms with E-state index in [0.717, 1.165) is 87.7 Å². The number of aryl methyl sites for hydroxylation is 2. The molecule has 6 heterocycles. The topological polar surface area (TPSA) is 179 Å². The maximum atomic E-state index is 13.8.